The van der Waals surface area contributed by atoms with E-state index in [2.05, 4.69) is 32.6 Å². The minimum absolute atomic E-state index is 0.322. The number of aryl methyl sites for hydroxylation is 1. The first-order valence-electron chi connectivity index (χ1n) is 8.28. The third-order valence-electron chi connectivity index (χ3n) is 4.24. The molecule has 0 spiro atoms. The maximum atomic E-state index is 11.8. The highest BCUT2D eigenvalue weighted by Gasteiger charge is 2.16. The van der Waals surface area contributed by atoms with Crippen LogP contribution < -0.4 is 15.5 Å². The first kappa shape index (κ1) is 16.3. The summed E-state index contributed by atoms with van der Waals surface area (Å²) in [6.07, 6.45) is 4.24. The van der Waals surface area contributed by atoms with Crippen LogP contribution in [0.4, 0.5) is 16.4 Å². The van der Waals surface area contributed by atoms with Crippen molar-refractivity contribution in [1.82, 2.24) is 15.5 Å². The molecule has 2 aromatic rings. The van der Waals surface area contributed by atoms with Gasteiger partial charge in [-0.3, -0.25) is 5.32 Å². The number of piperidine rings is 1. The molecule has 1 aliphatic rings. The molecule has 0 bridgehead atoms. The second kappa shape index (κ2) is 7.33. The number of carbonyl (C=O) groups is 1. The van der Waals surface area contributed by atoms with Crippen molar-refractivity contribution in [2.45, 2.75) is 33.2 Å². The fourth-order valence-corrected chi connectivity index (χ4v) is 2.71. The highest BCUT2D eigenvalue weighted by atomic mass is 16.5. The van der Waals surface area contributed by atoms with Crippen LogP contribution in [0.2, 0.25) is 0 Å². The number of rotatable bonds is 4. The molecule has 1 saturated heterocycles. The van der Waals surface area contributed by atoms with E-state index in [-0.39, 0.29) is 6.03 Å². The van der Waals surface area contributed by atoms with Crippen molar-refractivity contribution in [3.63, 3.8) is 0 Å². The standard InChI is InChI=1S/C17H23N5O2/c1-12-5-7-22(8-6-12)16-4-3-14(10-18-16)11-19-17(23)20-15-9-13(2)24-21-15/h3-4,9-10,12H,5-8,11H2,1-2H3,(H2,19,20,21,23). The molecule has 3 heterocycles. The minimum atomic E-state index is -0.322. The Hall–Kier alpha value is -2.57. The van der Waals surface area contributed by atoms with Gasteiger partial charge in [0, 0.05) is 31.9 Å². The molecular weight excluding hydrogens is 306 g/mol. The van der Waals surface area contributed by atoms with E-state index in [1.807, 2.05) is 18.3 Å². The number of aromatic nitrogens is 2. The average molecular weight is 329 g/mol. The van der Waals surface area contributed by atoms with Gasteiger partial charge in [0.2, 0.25) is 0 Å². The molecule has 2 amide bonds. The highest BCUT2D eigenvalue weighted by molar-refractivity contribution is 5.88. The highest BCUT2D eigenvalue weighted by Crippen LogP contribution is 2.21. The Balaban J connectivity index is 1.48. The number of anilines is 2. The molecule has 1 fully saturated rings. The van der Waals surface area contributed by atoms with Gasteiger partial charge in [-0.15, -0.1) is 0 Å². The van der Waals surface area contributed by atoms with Crippen LogP contribution in [0.25, 0.3) is 0 Å². The van der Waals surface area contributed by atoms with Crippen molar-refractivity contribution in [2.24, 2.45) is 5.92 Å². The van der Waals surface area contributed by atoms with Gasteiger partial charge in [-0.25, -0.2) is 9.78 Å². The molecule has 128 valence electrons. The van der Waals surface area contributed by atoms with Crippen molar-refractivity contribution in [3.05, 3.63) is 35.7 Å². The third-order valence-corrected chi connectivity index (χ3v) is 4.24. The van der Waals surface area contributed by atoms with E-state index < -0.39 is 0 Å². The summed E-state index contributed by atoms with van der Waals surface area (Å²) in [4.78, 5) is 18.6. The largest absolute Gasteiger partial charge is 0.360 e. The molecule has 0 unspecified atom stereocenters. The van der Waals surface area contributed by atoms with Gasteiger partial charge in [-0.05, 0) is 37.3 Å². The molecule has 0 aromatic carbocycles. The Bertz CT molecular complexity index is 675. The molecule has 0 saturated carbocycles. The molecule has 2 aromatic heterocycles. The summed E-state index contributed by atoms with van der Waals surface area (Å²) in [7, 11) is 0. The fraction of sp³-hybridized carbons (Fsp3) is 0.471. The molecular formula is C17H23N5O2. The quantitative estimate of drug-likeness (QED) is 0.901. The lowest BCUT2D eigenvalue weighted by Gasteiger charge is -2.31. The Labute approximate surface area is 141 Å². The lowest BCUT2D eigenvalue weighted by molar-refractivity contribution is 0.251. The van der Waals surface area contributed by atoms with E-state index in [1.54, 1.807) is 13.0 Å². The Kier molecular flexibility index (Phi) is 4.98. The molecule has 7 heteroatoms. The van der Waals surface area contributed by atoms with Crippen LogP contribution in [-0.2, 0) is 6.54 Å². The summed E-state index contributed by atoms with van der Waals surface area (Å²) in [6.45, 7) is 6.60. The van der Waals surface area contributed by atoms with Crippen LogP contribution >= 0.6 is 0 Å². The van der Waals surface area contributed by atoms with Crippen LogP contribution in [0.1, 0.15) is 31.1 Å². The maximum absolute atomic E-state index is 11.8. The van der Waals surface area contributed by atoms with Gasteiger partial charge in [0.1, 0.15) is 11.6 Å². The number of carbonyl (C=O) groups excluding carboxylic acids is 1. The van der Waals surface area contributed by atoms with Crippen molar-refractivity contribution in [2.75, 3.05) is 23.3 Å². The van der Waals surface area contributed by atoms with Gasteiger partial charge < -0.3 is 14.7 Å². The topological polar surface area (TPSA) is 83.3 Å². The molecule has 1 aliphatic heterocycles. The van der Waals surface area contributed by atoms with Gasteiger partial charge >= 0.3 is 6.03 Å². The zero-order valence-electron chi connectivity index (χ0n) is 14.1. The van der Waals surface area contributed by atoms with Crippen molar-refractivity contribution in [3.8, 4) is 0 Å². The predicted molar refractivity (Wildman–Crippen MR) is 91.9 cm³/mol. The summed E-state index contributed by atoms with van der Waals surface area (Å²) < 4.78 is 4.90. The summed E-state index contributed by atoms with van der Waals surface area (Å²) in [5, 5.41) is 9.11. The first-order chi connectivity index (χ1) is 11.6. The summed E-state index contributed by atoms with van der Waals surface area (Å²) in [6, 6.07) is 5.36. The van der Waals surface area contributed by atoms with E-state index in [1.165, 1.54) is 12.8 Å². The van der Waals surface area contributed by atoms with Crippen molar-refractivity contribution < 1.29 is 9.32 Å². The second-order valence-electron chi connectivity index (χ2n) is 6.32. The average Bonchev–Trinajstić information content (AvgIpc) is 2.99. The van der Waals surface area contributed by atoms with Gasteiger partial charge in [-0.2, -0.15) is 0 Å². The van der Waals surface area contributed by atoms with Crippen LogP contribution in [0.15, 0.2) is 28.9 Å². The predicted octanol–water partition coefficient (Wildman–Crippen LogP) is 2.94. The number of hydrogen-bond acceptors (Lipinski definition) is 5. The lowest BCUT2D eigenvalue weighted by atomic mass is 9.99. The number of urea groups is 1. The van der Waals surface area contributed by atoms with E-state index in [4.69, 9.17) is 4.52 Å². The van der Waals surface area contributed by atoms with Crippen molar-refractivity contribution >= 4 is 17.7 Å². The zero-order valence-corrected chi connectivity index (χ0v) is 14.1. The fourth-order valence-electron chi connectivity index (χ4n) is 2.71. The number of pyridine rings is 1. The third kappa shape index (κ3) is 4.24. The SMILES string of the molecule is Cc1cc(NC(=O)NCc2ccc(N3CCC(C)CC3)nc2)no1. The number of nitrogens with zero attached hydrogens (tertiary/aromatic N) is 3. The summed E-state index contributed by atoms with van der Waals surface area (Å²) in [5.74, 6) is 2.86. The lowest BCUT2D eigenvalue weighted by Crippen LogP contribution is -2.33. The normalized spacial score (nSPS) is 15.3. The van der Waals surface area contributed by atoms with Gasteiger partial charge in [0.05, 0.1) is 0 Å². The van der Waals surface area contributed by atoms with E-state index in [0.717, 1.165) is 30.4 Å². The Morgan fingerprint density at radius 2 is 2.17 bits per heavy atom. The Morgan fingerprint density at radius 1 is 1.38 bits per heavy atom. The second-order valence-corrected chi connectivity index (χ2v) is 6.32. The molecule has 0 atom stereocenters. The number of amides is 2. The van der Waals surface area contributed by atoms with Crippen molar-refractivity contribution in [1.29, 1.82) is 0 Å². The van der Waals surface area contributed by atoms with Crippen LogP contribution in [0.3, 0.4) is 0 Å². The number of nitrogens with one attached hydrogen (secondary N) is 2. The van der Waals surface area contributed by atoms with Crippen LogP contribution in [-0.4, -0.2) is 29.3 Å². The zero-order chi connectivity index (χ0) is 16.9. The first-order valence-corrected chi connectivity index (χ1v) is 8.28. The molecule has 2 N–H and O–H groups in total. The van der Waals surface area contributed by atoms with Crippen LogP contribution in [0.5, 0.6) is 0 Å². The van der Waals surface area contributed by atoms with E-state index in [9.17, 15) is 4.79 Å². The van der Waals surface area contributed by atoms with Crippen LogP contribution in [0, 0.1) is 12.8 Å². The van der Waals surface area contributed by atoms with Gasteiger partial charge in [0.25, 0.3) is 0 Å². The molecule has 0 radical (unpaired) electrons. The van der Waals surface area contributed by atoms with Gasteiger partial charge in [0.15, 0.2) is 5.82 Å². The minimum Gasteiger partial charge on any atom is -0.360 e. The molecule has 3 rings (SSSR count). The number of hydrogen-bond donors (Lipinski definition) is 2. The summed E-state index contributed by atoms with van der Waals surface area (Å²) in [5.41, 5.74) is 0.954. The van der Waals surface area contributed by atoms with E-state index in [0.29, 0.717) is 18.1 Å². The summed E-state index contributed by atoms with van der Waals surface area (Å²) >= 11 is 0. The smallest absolute Gasteiger partial charge is 0.320 e. The molecule has 0 aliphatic carbocycles. The maximum Gasteiger partial charge on any atom is 0.320 e. The van der Waals surface area contributed by atoms with E-state index >= 15 is 0 Å². The molecule has 24 heavy (non-hydrogen) atoms. The Morgan fingerprint density at radius 3 is 2.79 bits per heavy atom. The van der Waals surface area contributed by atoms with Gasteiger partial charge in [-0.1, -0.05) is 18.1 Å². The monoisotopic (exact) mass is 329 g/mol. The molecule has 7 nitrogen and oxygen atoms in total.